The first-order valence-corrected chi connectivity index (χ1v) is 6.79. The zero-order valence-corrected chi connectivity index (χ0v) is 12.5. The predicted molar refractivity (Wildman–Crippen MR) is 80.8 cm³/mol. The Morgan fingerprint density at radius 3 is 2.21 bits per heavy atom. The number of hydrogen-bond donors (Lipinski definition) is 1. The quantitative estimate of drug-likeness (QED) is 0.841. The van der Waals surface area contributed by atoms with Crippen LogP contribution in [0, 0.1) is 0 Å². The molecule has 2 rings (SSSR count). The summed E-state index contributed by atoms with van der Waals surface area (Å²) < 4.78 is 5.81. The predicted octanol–water partition coefficient (Wildman–Crippen LogP) is 5.16. The molecule has 2 aromatic carbocycles. The third-order valence-electron chi connectivity index (χ3n) is 2.50. The van der Waals surface area contributed by atoms with Crippen LogP contribution in [-0.4, -0.2) is 7.05 Å². The van der Waals surface area contributed by atoms with Crippen LogP contribution in [0.4, 0.5) is 0 Å². The number of ether oxygens (including phenoxy) is 1. The number of nitrogens with one attached hydrogen (secondary N) is 1. The molecule has 0 heterocycles. The molecule has 0 aliphatic rings. The second kappa shape index (κ2) is 6.49. The third kappa shape index (κ3) is 3.77. The Morgan fingerprint density at radius 1 is 0.947 bits per heavy atom. The molecular weight excluding hydrogens is 305 g/mol. The van der Waals surface area contributed by atoms with Crippen molar-refractivity contribution in [2.24, 2.45) is 0 Å². The minimum absolute atomic E-state index is 0.470. The number of hydrogen-bond acceptors (Lipinski definition) is 2. The van der Waals surface area contributed by atoms with Crippen molar-refractivity contribution < 1.29 is 4.74 Å². The molecule has 0 aliphatic heterocycles. The van der Waals surface area contributed by atoms with Gasteiger partial charge < -0.3 is 10.1 Å². The summed E-state index contributed by atoms with van der Waals surface area (Å²) in [5.74, 6) is 1.27. The van der Waals surface area contributed by atoms with Crippen molar-refractivity contribution in [3.8, 4) is 11.5 Å². The van der Waals surface area contributed by atoms with E-state index in [2.05, 4.69) is 5.32 Å². The van der Waals surface area contributed by atoms with Crippen molar-refractivity contribution in [2.75, 3.05) is 7.05 Å². The summed E-state index contributed by atoms with van der Waals surface area (Å²) in [6.07, 6.45) is 0. The monoisotopic (exact) mass is 315 g/mol. The summed E-state index contributed by atoms with van der Waals surface area (Å²) in [6.45, 7) is 0.654. The number of halogens is 3. The fourth-order valence-corrected chi connectivity index (χ4v) is 2.29. The SMILES string of the molecule is CNCc1cc(Cl)ccc1Oc1ccc(Cl)cc1Cl. The van der Waals surface area contributed by atoms with Crippen molar-refractivity contribution >= 4 is 34.8 Å². The Kier molecular flexibility index (Phi) is 4.94. The van der Waals surface area contributed by atoms with Gasteiger partial charge in [-0.3, -0.25) is 0 Å². The molecule has 1 N–H and O–H groups in total. The van der Waals surface area contributed by atoms with Gasteiger partial charge in [-0.05, 0) is 43.4 Å². The van der Waals surface area contributed by atoms with E-state index in [4.69, 9.17) is 39.5 Å². The van der Waals surface area contributed by atoms with Crippen LogP contribution in [-0.2, 0) is 6.54 Å². The highest BCUT2D eigenvalue weighted by Crippen LogP contribution is 2.33. The second-order valence-corrected chi connectivity index (χ2v) is 5.24. The lowest BCUT2D eigenvalue weighted by Gasteiger charge is -2.12. The first kappa shape index (κ1) is 14.5. The standard InChI is InChI=1S/C14H12Cl3NO/c1-18-8-9-6-10(15)2-4-13(9)19-14-5-3-11(16)7-12(14)17/h2-7,18H,8H2,1H3. The van der Waals surface area contributed by atoms with E-state index in [1.165, 1.54) is 0 Å². The summed E-state index contributed by atoms with van der Waals surface area (Å²) in [7, 11) is 1.86. The second-order valence-electron chi connectivity index (χ2n) is 3.96. The van der Waals surface area contributed by atoms with E-state index in [9.17, 15) is 0 Å². The lowest BCUT2D eigenvalue weighted by Crippen LogP contribution is -2.06. The fraction of sp³-hybridized carbons (Fsp3) is 0.143. The largest absolute Gasteiger partial charge is 0.455 e. The van der Waals surface area contributed by atoms with E-state index >= 15 is 0 Å². The van der Waals surface area contributed by atoms with Crippen LogP contribution in [0.25, 0.3) is 0 Å². The Labute approximate surface area is 127 Å². The molecule has 0 spiro atoms. The zero-order valence-electron chi connectivity index (χ0n) is 10.2. The molecule has 19 heavy (non-hydrogen) atoms. The van der Waals surface area contributed by atoms with Crippen molar-refractivity contribution in [1.82, 2.24) is 5.32 Å². The maximum absolute atomic E-state index is 6.09. The molecule has 5 heteroatoms. The van der Waals surface area contributed by atoms with E-state index in [0.717, 1.165) is 5.56 Å². The van der Waals surface area contributed by atoms with Gasteiger partial charge in [0, 0.05) is 22.2 Å². The summed E-state index contributed by atoms with van der Waals surface area (Å²) in [4.78, 5) is 0. The van der Waals surface area contributed by atoms with Gasteiger partial charge in [0.05, 0.1) is 5.02 Å². The number of benzene rings is 2. The third-order valence-corrected chi connectivity index (χ3v) is 3.27. The van der Waals surface area contributed by atoms with Crippen LogP contribution in [0.1, 0.15) is 5.56 Å². The minimum atomic E-state index is 0.470. The molecule has 0 amide bonds. The summed E-state index contributed by atoms with van der Waals surface area (Å²) in [6, 6.07) is 10.6. The Hall–Kier alpha value is -0.930. The maximum Gasteiger partial charge on any atom is 0.146 e. The van der Waals surface area contributed by atoms with Crippen LogP contribution in [0.2, 0.25) is 15.1 Å². The van der Waals surface area contributed by atoms with Crippen molar-refractivity contribution in [3.05, 3.63) is 57.0 Å². The van der Waals surface area contributed by atoms with E-state index in [0.29, 0.717) is 33.1 Å². The molecule has 0 unspecified atom stereocenters. The first-order chi connectivity index (χ1) is 9.10. The van der Waals surface area contributed by atoms with Crippen molar-refractivity contribution in [1.29, 1.82) is 0 Å². The molecule has 0 saturated heterocycles. The highest BCUT2D eigenvalue weighted by Gasteiger charge is 2.08. The highest BCUT2D eigenvalue weighted by molar-refractivity contribution is 6.35. The van der Waals surface area contributed by atoms with Gasteiger partial charge >= 0.3 is 0 Å². The molecule has 0 aliphatic carbocycles. The Morgan fingerprint density at radius 2 is 1.58 bits per heavy atom. The molecule has 0 atom stereocenters. The van der Waals surface area contributed by atoms with E-state index in [1.54, 1.807) is 24.3 Å². The van der Waals surface area contributed by atoms with Gasteiger partial charge in [0.15, 0.2) is 0 Å². The summed E-state index contributed by atoms with van der Waals surface area (Å²) >= 11 is 17.9. The molecule has 0 saturated carbocycles. The molecular formula is C14H12Cl3NO. The first-order valence-electron chi connectivity index (χ1n) is 5.66. The lowest BCUT2D eigenvalue weighted by atomic mass is 10.2. The normalized spacial score (nSPS) is 10.5. The van der Waals surface area contributed by atoms with Gasteiger partial charge in [-0.15, -0.1) is 0 Å². The van der Waals surface area contributed by atoms with Crippen molar-refractivity contribution in [3.63, 3.8) is 0 Å². The molecule has 0 fully saturated rings. The van der Waals surface area contributed by atoms with E-state index in [-0.39, 0.29) is 0 Å². The average Bonchev–Trinajstić information content (AvgIpc) is 2.36. The van der Waals surface area contributed by atoms with E-state index in [1.807, 2.05) is 19.2 Å². The van der Waals surface area contributed by atoms with Gasteiger partial charge in [-0.2, -0.15) is 0 Å². The van der Waals surface area contributed by atoms with Crippen LogP contribution < -0.4 is 10.1 Å². The molecule has 0 radical (unpaired) electrons. The summed E-state index contributed by atoms with van der Waals surface area (Å²) in [5.41, 5.74) is 0.959. The van der Waals surface area contributed by atoms with Crippen LogP contribution in [0.5, 0.6) is 11.5 Å². The maximum atomic E-state index is 6.09. The van der Waals surface area contributed by atoms with Gasteiger partial charge in [0.2, 0.25) is 0 Å². The molecule has 2 nitrogen and oxygen atoms in total. The van der Waals surface area contributed by atoms with Crippen LogP contribution in [0.15, 0.2) is 36.4 Å². The van der Waals surface area contributed by atoms with Crippen LogP contribution in [0.3, 0.4) is 0 Å². The van der Waals surface area contributed by atoms with Crippen molar-refractivity contribution in [2.45, 2.75) is 6.54 Å². The minimum Gasteiger partial charge on any atom is -0.455 e. The van der Waals surface area contributed by atoms with Gasteiger partial charge in [-0.25, -0.2) is 0 Å². The Balaban J connectivity index is 2.32. The smallest absolute Gasteiger partial charge is 0.146 e. The van der Waals surface area contributed by atoms with Gasteiger partial charge in [-0.1, -0.05) is 34.8 Å². The highest BCUT2D eigenvalue weighted by atomic mass is 35.5. The van der Waals surface area contributed by atoms with Crippen LogP contribution >= 0.6 is 34.8 Å². The molecule has 0 aromatic heterocycles. The lowest BCUT2D eigenvalue weighted by molar-refractivity contribution is 0.474. The summed E-state index contributed by atoms with van der Waals surface area (Å²) in [5, 5.41) is 4.78. The zero-order chi connectivity index (χ0) is 13.8. The fourth-order valence-electron chi connectivity index (χ4n) is 1.65. The van der Waals surface area contributed by atoms with Gasteiger partial charge in [0.25, 0.3) is 0 Å². The van der Waals surface area contributed by atoms with Gasteiger partial charge in [0.1, 0.15) is 11.5 Å². The molecule has 0 bridgehead atoms. The molecule has 100 valence electrons. The molecule has 2 aromatic rings. The topological polar surface area (TPSA) is 21.3 Å². The van der Waals surface area contributed by atoms with E-state index < -0.39 is 0 Å². The average molecular weight is 317 g/mol. The Bertz CT molecular complexity index is 587. The number of rotatable bonds is 4.